The minimum Gasteiger partial charge on any atom is -0.484 e. The van der Waals surface area contributed by atoms with Crippen LogP contribution in [0.2, 0.25) is 11.1 Å². The van der Waals surface area contributed by atoms with Crippen molar-refractivity contribution < 1.29 is 18.7 Å². The summed E-state index contributed by atoms with van der Waals surface area (Å²) in [5, 5.41) is 6.10. The van der Waals surface area contributed by atoms with Crippen LogP contribution < -0.4 is 20.4 Å². The molecule has 1 saturated heterocycles. The van der Waals surface area contributed by atoms with Gasteiger partial charge in [0, 0.05) is 17.9 Å². The van der Waals surface area contributed by atoms with Crippen molar-refractivity contribution in [1.29, 1.82) is 0 Å². The smallest absolute Gasteiger partial charge is 0.250 e. The van der Waals surface area contributed by atoms with Crippen molar-refractivity contribution >= 4 is 38.1 Å². The summed E-state index contributed by atoms with van der Waals surface area (Å²) in [7, 11) is -1.56. The monoisotopic (exact) mass is 421 g/mol. The molecule has 2 aromatic rings. The number of ether oxygens (including phenoxy) is 1. The van der Waals surface area contributed by atoms with Crippen molar-refractivity contribution in [3.05, 3.63) is 59.4 Å². The Balaban J connectivity index is 1.39. The molecule has 2 atom stereocenters. The van der Waals surface area contributed by atoms with E-state index in [0.717, 1.165) is 17.8 Å². The van der Waals surface area contributed by atoms with Crippen LogP contribution in [0.5, 0.6) is 5.75 Å². The van der Waals surface area contributed by atoms with Crippen LogP contribution in [-0.4, -0.2) is 39.6 Å². The van der Waals surface area contributed by atoms with Crippen LogP contribution in [0.3, 0.4) is 0 Å². The van der Waals surface area contributed by atoms with Gasteiger partial charge in [0.05, 0.1) is 11.1 Å². The third kappa shape index (κ3) is 5.79. The molecular formula is C19H21ClFN3O3Si. The van der Waals surface area contributed by atoms with Crippen molar-refractivity contribution in [3.63, 3.8) is 0 Å². The number of rotatable bonds is 6. The fourth-order valence-corrected chi connectivity index (χ4v) is 5.35. The van der Waals surface area contributed by atoms with E-state index in [1.807, 2.05) is 30.3 Å². The molecule has 2 aromatic carbocycles. The minimum atomic E-state index is -1.56. The molecular weight excluding hydrogens is 401 g/mol. The Morgan fingerprint density at radius 1 is 1.25 bits per heavy atom. The SMILES string of the molecule is O=C(COc1ccc(Cl)c(F)c1)N[Si@H]1CC[C@H](C(=O)Nc2ccccc2)NC1. The third-order valence-corrected chi connectivity index (χ3v) is 7.19. The van der Waals surface area contributed by atoms with E-state index in [2.05, 4.69) is 15.6 Å². The van der Waals surface area contributed by atoms with Crippen molar-refractivity contribution in [2.24, 2.45) is 0 Å². The zero-order chi connectivity index (χ0) is 19.9. The molecule has 0 spiro atoms. The topological polar surface area (TPSA) is 79.5 Å². The molecule has 0 aromatic heterocycles. The molecule has 1 heterocycles. The molecule has 28 heavy (non-hydrogen) atoms. The molecule has 3 rings (SSSR count). The average molecular weight is 422 g/mol. The van der Waals surface area contributed by atoms with Crippen LogP contribution in [0, 0.1) is 5.82 Å². The van der Waals surface area contributed by atoms with Gasteiger partial charge in [0.2, 0.25) is 11.8 Å². The number of para-hydroxylation sites is 1. The molecule has 148 valence electrons. The van der Waals surface area contributed by atoms with Crippen molar-refractivity contribution in [1.82, 2.24) is 10.3 Å². The lowest BCUT2D eigenvalue weighted by atomic mass is 10.2. The lowest BCUT2D eigenvalue weighted by molar-refractivity contribution is -0.121. The minimum absolute atomic E-state index is 0.00310. The van der Waals surface area contributed by atoms with Crippen LogP contribution in [0.4, 0.5) is 10.1 Å². The summed E-state index contributed by atoms with van der Waals surface area (Å²) in [6.45, 7) is -0.192. The summed E-state index contributed by atoms with van der Waals surface area (Å²) >= 11 is 5.61. The molecule has 1 aliphatic rings. The maximum Gasteiger partial charge on any atom is 0.250 e. The molecule has 3 N–H and O–H groups in total. The fraction of sp³-hybridized carbons (Fsp3) is 0.263. The summed E-state index contributed by atoms with van der Waals surface area (Å²) in [6.07, 6.45) is 1.28. The number of carbonyl (C=O) groups excluding carboxylic acids is 2. The van der Waals surface area contributed by atoms with Gasteiger partial charge in [0.25, 0.3) is 0 Å². The van der Waals surface area contributed by atoms with Gasteiger partial charge in [-0.3, -0.25) is 9.59 Å². The number of anilines is 1. The fourth-order valence-electron chi connectivity index (χ4n) is 2.94. The molecule has 0 unspecified atom stereocenters. The summed E-state index contributed by atoms with van der Waals surface area (Å²) in [5.74, 6) is -0.664. The highest BCUT2D eigenvalue weighted by Gasteiger charge is 2.27. The van der Waals surface area contributed by atoms with E-state index in [-0.39, 0.29) is 35.2 Å². The molecule has 1 fully saturated rings. The molecule has 6 nitrogen and oxygen atoms in total. The second kappa shape index (κ2) is 9.68. The summed E-state index contributed by atoms with van der Waals surface area (Å²) in [4.78, 5) is 27.4. The number of nitrogens with one attached hydrogen (secondary N) is 3. The van der Waals surface area contributed by atoms with E-state index in [1.54, 1.807) is 0 Å². The molecule has 0 radical (unpaired) electrons. The summed E-state index contributed by atoms with van der Waals surface area (Å²) in [5.41, 5.74) is 0.762. The van der Waals surface area contributed by atoms with Gasteiger partial charge in [0.1, 0.15) is 11.6 Å². The first-order valence-corrected chi connectivity index (χ1v) is 11.6. The van der Waals surface area contributed by atoms with Gasteiger partial charge in [-0.05, 0) is 36.7 Å². The van der Waals surface area contributed by atoms with E-state index in [4.69, 9.17) is 16.3 Å². The first kappa shape index (κ1) is 20.3. The largest absolute Gasteiger partial charge is 0.484 e. The van der Waals surface area contributed by atoms with Crippen molar-refractivity contribution in [2.45, 2.75) is 18.5 Å². The molecule has 9 heteroatoms. The lowest BCUT2D eigenvalue weighted by Gasteiger charge is -2.28. The molecule has 0 aliphatic carbocycles. The number of amides is 2. The first-order chi connectivity index (χ1) is 13.5. The zero-order valence-electron chi connectivity index (χ0n) is 15.1. The number of hydrogen-bond donors (Lipinski definition) is 3. The van der Waals surface area contributed by atoms with E-state index < -0.39 is 14.8 Å². The highest BCUT2D eigenvalue weighted by molar-refractivity contribution is 6.59. The predicted octanol–water partition coefficient (Wildman–Crippen LogP) is 2.24. The Hall–Kier alpha value is -2.42. The van der Waals surface area contributed by atoms with E-state index in [0.29, 0.717) is 12.6 Å². The van der Waals surface area contributed by atoms with Crippen molar-refractivity contribution in [3.8, 4) is 5.75 Å². The molecule has 0 bridgehead atoms. The number of benzene rings is 2. The first-order valence-electron chi connectivity index (χ1n) is 8.98. The van der Waals surface area contributed by atoms with Crippen molar-refractivity contribution in [2.75, 3.05) is 18.1 Å². The highest BCUT2D eigenvalue weighted by Crippen LogP contribution is 2.20. The van der Waals surface area contributed by atoms with Crippen LogP contribution in [-0.2, 0) is 9.59 Å². The Kier molecular flexibility index (Phi) is 7.02. The Labute approximate surface area is 169 Å². The summed E-state index contributed by atoms with van der Waals surface area (Å²) in [6, 6.07) is 13.9. The van der Waals surface area contributed by atoms with E-state index >= 15 is 0 Å². The Bertz CT molecular complexity index is 832. The van der Waals surface area contributed by atoms with Gasteiger partial charge < -0.3 is 20.4 Å². The number of carbonyl (C=O) groups is 2. The average Bonchev–Trinajstić information content (AvgIpc) is 2.70. The van der Waals surface area contributed by atoms with E-state index in [9.17, 15) is 14.0 Å². The predicted molar refractivity (Wildman–Crippen MR) is 108 cm³/mol. The van der Waals surface area contributed by atoms with Crippen LogP contribution in [0.15, 0.2) is 48.5 Å². The maximum absolute atomic E-state index is 13.4. The Morgan fingerprint density at radius 3 is 2.71 bits per heavy atom. The standard InChI is InChI=1S/C19H21ClFN3O3Si/c20-15-7-6-14(10-16(15)21)27-11-18(25)24-28-9-8-17(22-12-28)19(26)23-13-4-2-1-3-5-13/h1-7,10,17,22,28H,8-9,11-12H2,(H,23,26)(H,24,25)/t17-,28+/m1/s1. The Morgan fingerprint density at radius 2 is 2.04 bits per heavy atom. The molecule has 0 saturated carbocycles. The van der Waals surface area contributed by atoms with E-state index in [1.165, 1.54) is 12.1 Å². The molecule has 2 amide bonds. The van der Waals surface area contributed by atoms with Crippen LogP contribution >= 0.6 is 11.6 Å². The quantitative estimate of drug-likeness (QED) is 0.625. The highest BCUT2D eigenvalue weighted by atomic mass is 35.5. The van der Waals surface area contributed by atoms with Gasteiger partial charge in [-0.2, -0.15) is 0 Å². The van der Waals surface area contributed by atoms with Gasteiger partial charge in [0.15, 0.2) is 15.6 Å². The van der Waals surface area contributed by atoms with Gasteiger partial charge in [-0.1, -0.05) is 29.8 Å². The maximum atomic E-state index is 13.4. The lowest BCUT2D eigenvalue weighted by Crippen LogP contribution is -2.56. The normalized spacial score (nSPS) is 18.9. The molecule has 1 aliphatic heterocycles. The number of halogens is 2. The third-order valence-electron chi connectivity index (χ3n) is 4.40. The summed E-state index contributed by atoms with van der Waals surface area (Å²) < 4.78 is 18.7. The zero-order valence-corrected chi connectivity index (χ0v) is 17.0. The number of hydrogen-bond acceptors (Lipinski definition) is 4. The van der Waals surface area contributed by atoms with Gasteiger partial charge in [-0.15, -0.1) is 0 Å². The second-order valence-corrected chi connectivity index (χ2v) is 9.60. The van der Waals surface area contributed by atoms with Crippen LogP contribution in [0.25, 0.3) is 0 Å². The van der Waals surface area contributed by atoms with Gasteiger partial charge >= 0.3 is 0 Å². The second-order valence-electron chi connectivity index (χ2n) is 6.52. The van der Waals surface area contributed by atoms with Gasteiger partial charge in [-0.25, -0.2) is 4.39 Å². The van der Waals surface area contributed by atoms with Crippen LogP contribution in [0.1, 0.15) is 6.42 Å².